The van der Waals surface area contributed by atoms with Crippen molar-refractivity contribution in [2.75, 3.05) is 5.32 Å². The van der Waals surface area contributed by atoms with Gasteiger partial charge in [0.2, 0.25) is 0 Å². The molecule has 3 rings (SSSR count). The minimum Gasteiger partial charge on any atom is -0.307 e. The van der Waals surface area contributed by atoms with Gasteiger partial charge in [0.15, 0.2) is 0 Å². The van der Waals surface area contributed by atoms with Crippen molar-refractivity contribution in [3.8, 4) is 0 Å². The van der Waals surface area contributed by atoms with Gasteiger partial charge in [0, 0.05) is 11.6 Å². The Kier molecular flexibility index (Phi) is 4.52. The average molecular weight is 305 g/mol. The summed E-state index contributed by atoms with van der Waals surface area (Å²) >= 11 is 0. The third-order valence-corrected chi connectivity index (χ3v) is 3.76. The first-order valence-electron chi connectivity index (χ1n) is 7.72. The maximum Gasteiger partial charge on any atom is 0.256 e. The van der Waals surface area contributed by atoms with E-state index in [1.165, 1.54) is 5.56 Å². The summed E-state index contributed by atoms with van der Waals surface area (Å²) in [7, 11) is 0. The first-order valence-corrected chi connectivity index (χ1v) is 7.72. The van der Waals surface area contributed by atoms with Crippen LogP contribution in [-0.2, 0) is 13.0 Å². The SMILES string of the molecule is CCc1ccc(Cn2nccc2NC(=O)c2ccccc2)cc1. The smallest absolute Gasteiger partial charge is 0.256 e. The van der Waals surface area contributed by atoms with Gasteiger partial charge in [-0.05, 0) is 29.7 Å². The Hall–Kier alpha value is -2.88. The topological polar surface area (TPSA) is 46.9 Å². The molecule has 2 aromatic carbocycles. The maximum absolute atomic E-state index is 12.2. The number of anilines is 1. The summed E-state index contributed by atoms with van der Waals surface area (Å²) in [5, 5.41) is 7.21. The third-order valence-electron chi connectivity index (χ3n) is 3.76. The molecule has 1 N–H and O–H groups in total. The van der Waals surface area contributed by atoms with Crippen LogP contribution < -0.4 is 5.32 Å². The first-order chi connectivity index (χ1) is 11.3. The number of benzene rings is 2. The largest absolute Gasteiger partial charge is 0.307 e. The first kappa shape index (κ1) is 15.0. The zero-order valence-electron chi connectivity index (χ0n) is 13.1. The van der Waals surface area contributed by atoms with E-state index in [0.29, 0.717) is 17.9 Å². The molecule has 1 aromatic heterocycles. The Labute approximate surface area is 135 Å². The van der Waals surface area contributed by atoms with Crippen LogP contribution >= 0.6 is 0 Å². The number of carbonyl (C=O) groups excluding carboxylic acids is 1. The highest BCUT2D eigenvalue weighted by Crippen LogP contribution is 2.13. The van der Waals surface area contributed by atoms with Gasteiger partial charge < -0.3 is 5.32 Å². The van der Waals surface area contributed by atoms with Crippen LogP contribution in [0.2, 0.25) is 0 Å². The maximum atomic E-state index is 12.2. The number of rotatable bonds is 5. The molecule has 0 spiro atoms. The number of amides is 1. The van der Waals surface area contributed by atoms with Crippen LogP contribution in [0.4, 0.5) is 5.82 Å². The van der Waals surface area contributed by atoms with E-state index in [1.807, 2.05) is 18.2 Å². The molecule has 0 aliphatic carbocycles. The second-order valence-electron chi connectivity index (χ2n) is 5.36. The van der Waals surface area contributed by atoms with Crippen LogP contribution in [0.5, 0.6) is 0 Å². The van der Waals surface area contributed by atoms with E-state index in [-0.39, 0.29) is 5.91 Å². The van der Waals surface area contributed by atoms with Gasteiger partial charge in [-0.2, -0.15) is 5.10 Å². The molecular weight excluding hydrogens is 286 g/mol. The van der Waals surface area contributed by atoms with Gasteiger partial charge in [0.1, 0.15) is 5.82 Å². The van der Waals surface area contributed by atoms with Crippen molar-refractivity contribution in [1.29, 1.82) is 0 Å². The van der Waals surface area contributed by atoms with Gasteiger partial charge in [0.05, 0.1) is 12.7 Å². The quantitative estimate of drug-likeness (QED) is 0.780. The van der Waals surface area contributed by atoms with Crippen LogP contribution in [0, 0.1) is 0 Å². The fraction of sp³-hybridized carbons (Fsp3) is 0.158. The summed E-state index contributed by atoms with van der Waals surface area (Å²) < 4.78 is 1.79. The minimum absolute atomic E-state index is 0.131. The number of hydrogen-bond donors (Lipinski definition) is 1. The predicted molar refractivity (Wildman–Crippen MR) is 91.5 cm³/mol. The minimum atomic E-state index is -0.131. The van der Waals surface area contributed by atoms with Crippen molar-refractivity contribution < 1.29 is 4.79 Å². The molecule has 0 unspecified atom stereocenters. The van der Waals surface area contributed by atoms with Gasteiger partial charge in [-0.25, -0.2) is 4.68 Å². The van der Waals surface area contributed by atoms with Crippen LogP contribution in [0.15, 0.2) is 66.9 Å². The predicted octanol–water partition coefficient (Wildman–Crippen LogP) is 3.75. The van der Waals surface area contributed by atoms with Crippen molar-refractivity contribution in [3.63, 3.8) is 0 Å². The van der Waals surface area contributed by atoms with Crippen LogP contribution in [-0.4, -0.2) is 15.7 Å². The molecule has 0 saturated carbocycles. The van der Waals surface area contributed by atoms with Crippen molar-refractivity contribution >= 4 is 11.7 Å². The van der Waals surface area contributed by atoms with E-state index in [0.717, 1.165) is 12.0 Å². The van der Waals surface area contributed by atoms with Crippen molar-refractivity contribution in [3.05, 3.63) is 83.6 Å². The lowest BCUT2D eigenvalue weighted by Crippen LogP contribution is -2.16. The number of carbonyl (C=O) groups is 1. The molecule has 0 radical (unpaired) electrons. The number of nitrogens with one attached hydrogen (secondary N) is 1. The van der Waals surface area contributed by atoms with Crippen LogP contribution in [0.3, 0.4) is 0 Å². The third kappa shape index (κ3) is 3.66. The molecule has 4 heteroatoms. The second kappa shape index (κ2) is 6.92. The van der Waals surface area contributed by atoms with E-state index in [9.17, 15) is 4.79 Å². The second-order valence-corrected chi connectivity index (χ2v) is 5.36. The van der Waals surface area contributed by atoms with E-state index in [1.54, 1.807) is 29.1 Å². The fourth-order valence-electron chi connectivity index (χ4n) is 2.40. The molecule has 0 atom stereocenters. The van der Waals surface area contributed by atoms with Gasteiger partial charge >= 0.3 is 0 Å². The molecular formula is C19H19N3O. The normalized spacial score (nSPS) is 10.5. The molecule has 0 saturated heterocycles. The van der Waals surface area contributed by atoms with E-state index in [2.05, 4.69) is 41.6 Å². The van der Waals surface area contributed by atoms with E-state index >= 15 is 0 Å². The van der Waals surface area contributed by atoms with Crippen LogP contribution in [0.25, 0.3) is 0 Å². The van der Waals surface area contributed by atoms with Gasteiger partial charge in [-0.15, -0.1) is 0 Å². The Bertz CT molecular complexity index is 776. The molecule has 0 bridgehead atoms. The van der Waals surface area contributed by atoms with E-state index in [4.69, 9.17) is 0 Å². The summed E-state index contributed by atoms with van der Waals surface area (Å²) in [5.74, 6) is 0.562. The number of aryl methyl sites for hydroxylation is 1. The molecule has 23 heavy (non-hydrogen) atoms. The summed E-state index contributed by atoms with van der Waals surface area (Å²) in [4.78, 5) is 12.2. The average Bonchev–Trinajstić information content (AvgIpc) is 3.03. The number of nitrogens with zero attached hydrogens (tertiary/aromatic N) is 2. The highest BCUT2D eigenvalue weighted by molar-refractivity contribution is 6.03. The standard InChI is InChI=1S/C19H19N3O/c1-2-15-8-10-16(11-9-15)14-22-18(12-13-20-22)21-19(23)17-6-4-3-5-7-17/h3-13H,2,14H2,1H3,(H,21,23). The summed E-state index contributed by atoms with van der Waals surface area (Å²) in [5.41, 5.74) is 3.10. The monoisotopic (exact) mass is 305 g/mol. The molecule has 3 aromatic rings. The zero-order chi connectivity index (χ0) is 16.1. The summed E-state index contributed by atoms with van der Waals surface area (Å²) in [6.45, 7) is 2.77. The molecule has 1 heterocycles. The summed E-state index contributed by atoms with van der Waals surface area (Å²) in [6.07, 6.45) is 2.72. The Morgan fingerprint density at radius 3 is 2.39 bits per heavy atom. The Morgan fingerprint density at radius 1 is 1.00 bits per heavy atom. The van der Waals surface area contributed by atoms with Crippen LogP contribution in [0.1, 0.15) is 28.4 Å². The molecule has 0 aliphatic rings. The van der Waals surface area contributed by atoms with E-state index < -0.39 is 0 Å². The lowest BCUT2D eigenvalue weighted by Gasteiger charge is -2.09. The molecule has 1 amide bonds. The fourth-order valence-corrected chi connectivity index (χ4v) is 2.40. The molecule has 116 valence electrons. The molecule has 0 fully saturated rings. The summed E-state index contributed by atoms with van der Waals surface area (Å²) in [6, 6.07) is 19.4. The lowest BCUT2D eigenvalue weighted by atomic mass is 10.1. The molecule has 0 aliphatic heterocycles. The Morgan fingerprint density at radius 2 is 1.70 bits per heavy atom. The van der Waals surface area contributed by atoms with Gasteiger partial charge in [-0.3, -0.25) is 4.79 Å². The highest BCUT2D eigenvalue weighted by atomic mass is 16.1. The number of aromatic nitrogens is 2. The number of hydrogen-bond acceptors (Lipinski definition) is 2. The lowest BCUT2D eigenvalue weighted by molar-refractivity contribution is 0.102. The van der Waals surface area contributed by atoms with Crippen molar-refractivity contribution in [1.82, 2.24) is 9.78 Å². The van der Waals surface area contributed by atoms with Gasteiger partial charge in [0.25, 0.3) is 5.91 Å². The Balaban J connectivity index is 1.73. The molecule has 4 nitrogen and oxygen atoms in total. The van der Waals surface area contributed by atoms with Crippen molar-refractivity contribution in [2.24, 2.45) is 0 Å². The zero-order valence-corrected chi connectivity index (χ0v) is 13.1. The highest BCUT2D eigenvalue weighted by Gasteiger charge is 2.09. The van der Waals surface area contributed by atoms with Gasteiger partial charge in [-0.1, -0.05) is 49.4 Å². The van der Waals surface area contributed by atoms with Crippen molar-refractivity contribution in [2.45, 2.75) is 19.9 Å².